The molecule has 1 atom stereocenters. The lowest BCUT2D eigenvalue weighted by molar-refractivity contribution is -0.132. The van der Waals surface area contributed by atoms with Crippen LogP contribution in [0.5, 0.6) is 5.75 Å². The molecule has 6 heteroatoms. The second-order valence-corrected chi connectivity index (χ2v) is 5.86. The summed E-state index contributed by atoms with van der Waals surface area (Å²) in [4.78, 5) is 27.3. The van der Waals surface area contributed by atoms with Crippen LogP contribution in [0.25, 0.3) is 0 Å². The molecule has 1 aromatic carbocycles. The quantitative estimate of drug-likeness (QED) is 0.804. The van der Waals surface area contributed by atoms with Crippen molar-refractivity contribution in [1.29, 1.82) is 0 Å². The Bertz CT molecular complexity index is 549. The highest BCUT2D eigenvalue weighted by Crippen LogP contribution is 2.20. The molecule has 2 amide bonds. The fourth-order valence-corrected chi connectivity index (χ4v) is 3.05. The first kappa shape index (κ1) is 15.6. The number of carbonyl (C=O) groups excluding carboxylic acids is 2. The van der Waals surface area contributed by atoms with Gasteiger partial charge in [0.2, 0.25) is 5.91 Å². The topological polar surface area (TPSA) is 59.1 Å². The lowest BCUT2D eigenvalue weighted by atomic mass is 10.2. The molecule has 0 radical (unpaired) electrons. The number of hydrogen-bond acceptors (Lipinski definition) is 4. The molecule has 0 unspecified atom stereocenters. The molecule has 2 aliphatic heterocycles. The number of hydrogen-bond donors (Lipinski definition) is 0. The number of ether oxygens (including phenoxy) is 2. The van der Waals surface area contributed by atoms with Crippen LogP contribution >= 0.6 is 0 Å². The van der Waals surface area contributed by atoms with Gasteiger partial charge in [-0.3, -0.25) is 4.79 Å². The van der Waals surface area contributed by atoms with Crippen LogP contribution in [0, 0.1) is 0 Å². The van der Waals surface area contributed by atoms with Crippen LogP contribution < -0.4 is 4.74 Å². The molecule has 2 saturated heterocycles. The van der Waals surface area contributed by atoms with E-state index in [0.717, 1.165) is 25.1 Å². The largest absolute Gasteiger partial charge is 0.491 e. The zero-order chi connectivity index (χ0) is 16.1. The fraction of sp³-hybridized carbons (Fsp3) is 0.529. The van der Waals surface area contributed by atoms with E-state index in [1.165, 1.54) is 0 Å². The second kappa shape index (κ2) is 7.35. The Balaban J connectivity index is 1.47. The third-order valence-corrected chi connectivity index (χ3v) is 4.32. The van der Waals surface area contributed by atoms with Crippen LogP contribution in [0.2, 0.25) is 0 Å². The SMILES string of the molecule is O=C1OCCN1CCC(=O)N1CCC[C@H]1COc1ccccc1. The first-order valence-electron chi connectivity index (χ1n) is 8.13. The summed E-state index contributed by atoms with van der Waals surface area (Å²) in [6.45, 7) is 2.71. The van der Waals surface area contributed by atoms with Crippen LogP contribution in [0.3, 0.4) is 0 Å². The van der Waals surface area contributed by atoms with Crippen molar-refractivity contribution in [3.63, 3.8) is 0 Å². The standard InChI is InChI=1S/C17H22N2O4/c20-16(8-10-18-11-12-22-17(18)21)19-9-4-5-14(19)13-23-15-6-2-1-3-7-15/h1-3,6-7,14H,4-5,8-13H2/t14-/m0/s1. The first-order chi connectivity index (χ1) is 11.2. The van der Waals surface area contributed by atoms with E-state index in [1.807, 2.05) is 35.2 Å². The molecule has 2 aliphatic rings. The van der Waals surface area contributed by atoms with E-state index in [0.29, 0.717) is 32.7 Å². The summed E-state index contributed by atoms with van der Waals surface area (Å²) in [6.07, 6.45) is 1.99. The van der Waals surface area contributed by atoms with Gasteiger partial charge < -0.3 is 19.3 Å². The van der Waals surface area contributed by atoms with E-state index in [-0.39, 0.29) is 18.0 Å². The van der Waals surface area contributed by atoms with E-state index in [2.05, 4.69) is 0 Å². The van der Waals surface area contributed by atoms with Gasteiger partial charge in [0.1, 0.15) is 19.0 Å². The third-order valence-electron chi connectivity index (χ3n) is 4.32. The lowest BCUT2D eigenvalue weighted by Gasteiger charge is -2.25. The number of cyclic esters (lactones) is 1. The highest BCUT2D eigenvalue weighted by Gasteiger charge is 2.30. The second-order valence-electron chi connectivity index (χ2n) is 5.86. The highest BCUT2D eigenvalue weighted by atomic mass is 16.6. The summed E-state index contributed by atoms with van der Waals surface area (Å²) < 4.78 is 10.7. The maximum absolute atomic E-state index is 12.4. The molecule has 124 valence electrons. The molecule has 23 heavy (non-hydrogen) atoms. The minimum atomic E-state index is -0.316. The summed E-state index contributed by atoms with van der Waals surface area (Å²) in [5.74, 6) is 0.912. The zero-order valence-corrected chi connectivity index (χ0v) is 13.1. The van der Waals surface area contributed by atoms with E-state index in [1.54, 1.807) is 4.90 Å². The molecule has 0 bridgehead atoms. The zero-order valence-electron chi connectivity index (χ0n) is 13.1. The molecule has 2 heterocycles. The van der Waals surface area contributed by atoms with Crippen molar-refractivity contribution >= 4 is 12.0 Å². The average molecular weight is 318 g/mol. The van der Waals surface area contributed by atoms with Crippen molar-refractivity contribution in [3.8, 4) is 5.75 Å². The van der Waals surface area contributed by atoms with Crippen molar-refractivity contribution in [1.82, 2.24) is 9.80 Å². The number of para-hydroxylation sites is 1. The Labute approximate surface area is 136 Å². The monoisotopic (exact) mass is 318 g/mol. The minimum absolute atomic E-state index is 0.0869. The number of amides is 2. The molecule has 0 saturated carbocycles. The molecular weight excluding hydrogens is 296 g/mol. The molecule has 6 nitrogen and oxygen atoms in total. The van der Waals surface area contributed by atoms with Crippen molar-refractivity contribution < 1.29 is 19.1 Å². The summed E-state index contributed by atoms with van der Waals surface area (Å²) in [5.41, 5.74) is 0. The van der Waals surface area contributed by atoms with Gasteiger partial charge in [-0.05, 0) is 25.0 Å². The van der Waals surface area contributed by atoms with Crippen LogP contribution in [0.4, 0.5) is 4.79 Å². The first-order valence-corrected chi connectivity index (χ1v) is 8.13. The molecule has 1 aromatic rings. The van der Waals surface area contributed by atoms with Crippen molar-refractivity contribution in [2.45, 2.75) is 25.3 Å². The van der Waals surface area contributed by atoms with E-state index in [4.69, 9.17) is 9.47 Å². The third kappa shape index (κ3) is 3.94. The van der Waals surface area contributed by atoms with E-state index < -0.39 is 0 Å². The minimum Gasteiger partial charge on any atom is -0.491 e. The van der Waals surface area contributed by atoms with Gasteiger partial charge in [-0.2, -0.15) is 0 Å². The molecule has 0 aromatic heterocycles. The molecule has 3 rings (SSSR count). The molecule has 0 aliphatic carbocycles. The van der Waals surface area contributed by atoms with Gasteiger partial charge in [0, 0.05) is 19.5 Å². The lowest BCUT2D eigenvalue weighted by Crippen LogP contribution is -2.40. The van der Waals surface area contributed by atoms with Gasteiger partial charge in [0.25, 0.3) is 0 Å². The normalized spacial score (nSPS) is 20.7. The predicted molar refractivity (Wildman–Crippen MR) is 84.2 cm³/mol. The van der Waals surface area contributed by atoms with E-state index >= 15 is 0 Å². The van der Waals surface area contributed by atoms with Crippen molar-refractivity contribution in [2.75, 3.05) is 32.8 Å². The summed E-state index contributed by atoms with van der Waals surface area (Å²) in [7, 11) is 0. The summed E-state index contributed by atoms with van der Waals surface area (Å²) in [5, 5.41) is 0. The number of carbonyl (C=O) groups is 2. The predicted octanol–water partition coefficient (Wildman–Crippen LogP) is 1.90. The van der Waals surface area contributed by atoms with Crippen LogP contribution in [0.15, 0.2) is 30.3 Å². The van der Waals surface area contributed by atoms with Crippen molar-refractivity contribution in [2.24, 2.45) is 0 Å². The van der Waals surface area contributed by atoms with Gasteiger partial charge in [-0.25, -0.2) is 4.79 Å². The molecule has 0 spiro atoms. The number of likely N-dealkylation sites (tertiary alicyclic amines) is 1. The molecular formula is C17H22N2O4. The smallest absolute Gasteiger partial charge is 0.409 e. The van der Waals surface area contributed by atoms with Gasteiger partial charge in [0.05, 0.1) is 12.6 Å². The molecule has 2 fully saturated rings. The Morgan fingerprint density at radius 2 is 2.09 bits per heavy atom. The highest BCUT2D eigenvalue weighted by molar-refractivity contribution is 5.78. The number of benzene rings is 1. The van der Waals surface area contributed by atoms with Crippen LogP contribution in [0.1, 0.15) is 19.3 Å². The summed E-state index contributed by atoms with van der Waals surface area (Å²) in [6, 6.07) is 9.76. The average Bonchev–Trinajstić information content (AvgIpc) is 3.20. The van der Waals surface area contributed by atoms with Gasteiger partial charge in [0.15, 0.2) is 0 Å². The number of rotatable bonds is 6. The number of nitrogens with zero attached hydrogens (tertiary/aromatic N) is 2. The van der Waals surface area contributed by atoms with Gasteiger partial charge >= 0.3 is 6.09 Å². The Hall–Kier alpha value is -2.24. The Kier molecular flexibility index (Phi) is 5.00. The Morgan fingerprint density at radius 1 is 1.26 bits per heavy atom. The van der Waals surface area contributed by atoms with E-state index in [9.17, 15) is 9.59 Å². The Morgan fingerprint density at radius 3 is 2.83 bits per heavy atom. The maximum atomic E-state index is 12.4. The van der Waals surface area contributed by atoms with Gasteiger partial charge in [-0.15, -0.1) is 0 Å². The molecule has 0 N–H and O–H groups in total. The van der Waals surface area contributed by atoms with Crippen LogP contribution in [-0.2, 0) is 9.53 Å². The van der Waals surface area contributed by atoms with Gasteiger partial charge in [-0.1, -0.05) is 18.2 Å². The van der Waals surface area contributed by atoms with Crippen molar-refractivity contribution in [3.05, 3.63) is 30.3 Å². The summed E-state index contributed by atoms with van der Waals surface area (Å²) >= 11 is 0. The van der Waals surface area contributed by atoms with Crippen LogP contribution in [-0.4, -0.2) is 60.7 Å². The fourth-order valence-electron chi connectivity index (χ4n) is 3.05. The maximum Gasteiger partial charge on any atom is 0.409 e.